The minimum absolute atomic E-state index is 0.478. The highest BCUT2D eigenvalue weighted by molar-refractivity contribution is 5.80. The van der Waals surface area contributed by atoms with Crippen LogP contribution in [0.2, 0.25) is 0 Å². The Hall–Kier alpha value is -1.31. The lowest BCUT2D eigenvalue weighted by Gasteiger charge is -2.24. The van der Waals surface area contributed by atoms with E-state index in [4.69, 9.17) is 0 Å². The minimum Gasteiger partial charge on any atom is -0.481 e. The molecule has 0 bridgehead atoms. The van der Waals surface area contributed by atoms with Gasteiger partial charge >= 0.3 is 5.97 Å². The lowest BCUT2D eigenvalue weighted by atomic mass is 9.79. The van der Waals surface area contributed by atoms with Crippen molar-refractivity contribution in [1.29, 1.82) is 0 Å². The molecule has 1 atom stereocenters. The fourth-order valence-electron chi connectivity index (χ4n) is 1.71. The molecule has 0 spiro atoms. The number of hydrogen-bond donors (Lipinski definition) is 1. The highest BCUT2D eigenvalue weighted by Gasteiger charge is 2.32. The maximum atomic E-state index is 11.3. The number of carbonyl (C=O) groups is 1. The molecular weight excluding hydrogens is 200 g/mol. The molecule has 0 aliphatic carbocycles. The highest BCUT2D eigenvalue weighted by Crippen LogP contribution is 2.29. The van der Waals surface area contributed by atoms with Crippen molar-refractivity contribution in [2.24, 2.45) is 0 Å². The van der Waals surface area contributed by atoms with Gasteiger partial charge in [-0.15, -0.1) is 0 Å². The molecule has 0 radical (unpaired) electrons. The second-order valence-corrected chi connectivity index (χ2v) is 4.77. The Kier molecular flexibility index (Phi) is 3.74. The summed E-state index contributed by atoms with van der Waals surface area (Å²) in [5.74, 6) is -0.279. The Labute approximate surface area is 97.3 Å². The Balaban J connectivity index is 3.09. The van der Waals surface area contributed by atoms with E-state index >= 15 is 0 Å². The molecule has 0 amide bonds. The summed E-state index contributed by atoms with van der Waals surface area (Å²) >= 11 is 0. The molecule has 0 saturated carbocycles. The maximum absolute atomic E-state index is 11.3. The summed E-state index contributed by atoms with van der Waals surface area (Å²) in [4.78, 5) is 11.3. The maximum Gasteiger partial charge on any atom is 0.313 e. The molecule has 0 heterocycles. The first-order valence-electron chi connectivity index (χ1n) is 5.75. The zero-order valence-electron chi connectivity index (χ0n) is 10.4. The SMILES string of the molecule is CCC(C)(C(=O)O)c1ccc(C(C)C)cc1. The van der Waals surface area contributed by atoms with Crippen molar-refractivity contribution in [3.05, 3.63) is 35.4 Å². The lowest BCUT2D eigenvalue weighted by molar-refractivity contribution is -0.143. The van der Waals surface area contributed by atoms with Crippen LogP contribution in [-0.2, 0) is 10.2 Å². The van der Waals surface area contributed by atoms with Gasteiger partial charge in [0.05, 0.1) is 5.41 Å². The van der Waals surface area contributed by atoms with E-state index < -0.39 is 11.4 Å². The third-order valence-corrected chi connectivity index (χ3v) is 3.39. The standard InChI is InChI=1S/C14H20O2/c1-5-14(4,13(15)16)12-8-6-11(7-9-12)10(2)3/h6-10H,5H2,1-4H3,(H,15,16). The summed E-state index contributed by atoms with van der Waals surface area (Å²) in [6, 6.07) is 7.92. The van der Waals surface area contributed by atoms with Crippen LogP contribution in [0.1, 0.15) is 51.2 Å². The van der Waals surface area contributed by atoms with Gasteiger partial charge in [-0.3, -0.25) is 4.79 Å². The van der Waals surface area contributed by atoms with Gasteiger partial charge in [0, 0.05) is 0 Å². The van der Waals surface area contributed by atoms with Crippen molar-refractivity contribution in [1.82, 2.24) is 0 Å². The molecule has 0 saturated heterocycles. The van der Waals surface area contributed by atoms with Crippen molar-refractivity contribution in [3.8, 4) is 0 Å². The summed E-state index contributed by atoms with van der Waals surface area (Å²) in [6.07, 6.45) is 0.601. The van der Waals surface area contributed by atoms with Crippen molar-refractivity contribution in [3.63, 3.8) is 0 Å². The van der Waals surface area contributed by atoms with E-state index in [1.807, 2.05) is 31.2 Å². The largest absolute Gasteiger partial charge is 0.481 e. The summed E-state index contributed by atoms with van der Waals surface area (Å²) in [5.41, 5.74) is 1.36. The monoisotopic (exact) mass is 220 g/mol. The second-order valence-electron chi connectivity index (χ2n) is 4.77. The third-order valence-electron chi connectivity index (χ3n) is 3.39. The molecule has 2 nitrogen and oxygen atoms in total. The molecule has 1 N–H and O–H groups in total. The molecule has 0 aliphatic rings. The van der Waals surface area contributed by atoms with Crippen LogP contribution in [0.5, 0.6) is 0 Å². The molecule has 88 valence electrons. The molecule has 16 heavy (non-hydrogen) atoms. The van der Waals surface area contributed by atoms with E-state index in [0.29, 0.717) is 12.3 Å². The molecule has 0 fully saturated rings. The van der Waals surface area contributed by atoms with Crippen LogP contribution in [0.4, 0.5) is 0 Å². The fraction of sp³-hybridized carbons (Fsp3) is 0.500. The normalized spacial score (nSPS) is 14.8. The second kappa shape index (κ2) is 4.69. The van der Waals surface area contributed by atoms with Gasteiger partial charge in [-0.2, -0.15) is 0 Å². The molecule has 1 aromatic rings. The third kappa shape index (κ3) is 2.26. The first-order chi connectivity index (χ1) is 7.41. The number of carboxylic acids is 1. The lowest BCUT2D eigenvalue weighted by Crippen LogP contribution is -2.31. The van der Waals surface area contributed by atoms with E-state index in [1.54, 1.807) is 6.92 Å². The van der Waals surface area contributed by atoms with Crippen LogP contribution < -0.4 is 0 Å². The Morgan fingerprint density at radius 3 is 2.12 bits per heavy atom. The number of rotatable bonds is 4. The van der Waals surface area contributed by atoms with Gasteiger partial charge in [0.25, 0.3) is 0 Å². The van der Waals surface area contributed by atoms with Crippen LogP contribution in [-0.4, -0.2) is 11.1 Å². The highest BCUT2D eigenvalue weighted by atomic mass is 16.4. The van der Waals surface area contributed by atoms with Crippen molar-refractivity contribution in [2.45, 2.75) is 45.4 Å². The average molecular weight is 220 g/mol. The first-order valence-corrected chi connectivity index (χ1v) is 5.75. The van der Waals surface area contributed by atoms with Crippen LogP contribution in [0, 0.1) is 0 Å². The molecule has 0 aliphatic heterocycles. The van der Waals surface area contributed by atoms with Gasteiger partial charge in [-0.1, -0.05) is 45.0 Å². The average Bonchev–Trinajstić information content (AvgIpc) is 2.27. The summed E-state index contributed by atoms with van der Waals surface area (Å²) in [7, 11) is 0. The van der Waals surface area contributed by atoms with E-state index in [1.165, 1.54) is 5.56 Å². The number of carboxylic acid groups (broad SMARTS) is 1. The molecule has 0 aromatic heterocycles. The van der Waals surface area contributed by atoms with Crippen LogP contribution in [0.15, 0.2) is 24.3 Å². The van der Waals surface area contributed by atoms with E-state index in [9.17, 15) is 9.90 Å². The Morgan fingerprint density at radius 2 is 1.81 bits per heavy atom. The predicted molar refractivity (Wildman–Crippen MR) is 65.8 cm³/mol. The molecular formula is C14H20O2. The fourth-order valence-corrected chi connectivity index (χ4v) is 1.71. The molecule has 1 unspecified atom stereocenters. The van der Waals surface area contributed by atoms with E-state index in [2.05, 4.69) is 13.8 Å². The topological polar surface area (TPSA) is 37.3 Å². The van der Waals surface area contributed by atoms with Crippen LogP contribution >= 0.6 is 0 Å². The van der Waals surface area contributed by atoms with Gasteiger partial charge in [0.2, 0.25) is 0 Å². The van der Waals surface area contributed by atoms with Gasteiger partial charge < -0.3 is 5.11 Å². The zero-order chi connectivity index (χ0) is 12.3. The van der Waals surface area contributed by atoms with Gasteiger partial charge in [0.1, 0.15) is 0 Å². The summed E-state index contributed by atoms with van der Waals surface area (Å²) < 4.78 is 0. The summed E-state index contributed by atoms with van der Waals surface area (Å²) in [6.45, 7) is 7.95. The van der Waals surface area contributed by atoms with Gasteiger partial charge in [-0.25, -0.2) is 0 Å². The summed E-state index contributed by atoms with van der Waals surface area (Å²) in [5, 5.41) is 9.26. The van der Waals surface area contributed by atoms with Crippen molar-refractivity contribution < 1.29 is 9.90 Å². The zero-order valence-corrected chi connectivity index (χ0v) is 10.4. The molecule has 1 aromatic carbocycles. The predicted octanol–water partition coefficient (Wildman–Crippen LogP) is 3.56. The number of hydrogen-bond acceptors (Lipinski definition) is 1. The first kappa shape index (κ1) is 12.8. The number of aliphatic carboxylic acids is 1. The van der Waals surface area contributed by atoms with Crippen LogP contribution in [0.3, 0.4) is 0 Å². The minimum atomic E-state index is -0.768. The smallest absolute Gasteiger partial charge is 0.313 e. The van der Waals surface area contributed by atoms with Crippen molar-refractivity contribution >= 4 is 5.97 Å². The molecule has 1 rings (SSSR count). The van der Waals surface area contributed by atoms with Gasteiger partial charge in [-0.05, 0) is 30.4 Å². The van der Waals surface area contributed by atoms with E-state index in [0.717, 1.165) is 5.56 Å². The Bertz CT molecular complexity index is 365. The van der Waals surface area contributed by atoms with E-state index in [-0.39, 0.29) is 0 Å². The number of benzene rings is 1. The quantitative estimate of drug-likeness (QED) is 0.842. The Morgan fingerprint density at radius 1 is 1.31 bits per heavy atom. The molecule has 2 heteroatoms. The van der Waals surface area contributed by atoms with Crippen molar-refractivity contribution in [2.75, 3.05) is 0 Å². The van der Waals surface area contributed by atoms with Gasteiger partial charge in [0.15, 0.2) is 0 Å². The van der Waals surface area contributed by atoms with Crippen LogP contribution in [0.25, 0.3) is 0 Å².